The van der Waals surface area contributed by atoms with Crippen molar-refractivity contribution in [2.24, 2.45) is 0 Å². The number of ether oxygens (including phenoxy) is 1. The van der Waals surface area contributed by atoms with Crippen LogP contribution in [-0.4, -0.2) is 96.6 Å². The standard InChI is InChI=1S/C39H46N4O12/c1-7-21-19(5)37(51)42-27(21)13-25-17(3)23(9-11-32(45)46)29(40-25)15-30-24(18(4)26(41-30)14-28-22(8-2)20(6)38(52)43-28)10-12-33(47)54-55-39-36(50)35(49)34(48)31(16-44)53-39/h7-8,13-14,31,34-36,39-41,44,48-50H,1-2,9-12,15-16H2,3-6H3,(H,42,51)(H,43,52)(H,45,46)/b27-13-,28-14-/t31-,34-,35+,36-,39+/m1/s1. The SMILES string of the molecule is C=CC1=C(C)C(=O)N/C1=C\c1[nH]c(Cc2[nH]c(/C=C3\NC(=O)C(C)=C3C=C)c(C)c2CCC(=O)OO[C@@H]2O[C@H](CO)[C@@H](O)[C@H](O)[C@H]2O)c(CCC(=O)O)c1C. The van der Waals surface area contributed by atoms with E-state index in [1.54, 1.807) is 38.2 Å². The van der Waals surface area contributed by atoms with Crippen LogP contribution in [0.2, 0.25) is 0 Å². The third-order valence-electron chi connectivity index (χ3n) is 10.2. The molecule has 5 atom stereocenters. The summed E-state index contributed by atoms with van der Waals surface area (Å²) in [6.07, 6.45) is -1.15. The summed E-state index contributed by atoms with van der Waals surface area (Å²) in [5.74, 6) is -2.34. The fourth-order valence-electron chi connectivity index (χ4n) is 6.89. The first-order chi connectivity index (χ1) is 26.1. The number of amides is 2. The highest BCUT2D eigenvalue weighted by Crippen LogP contribution is 2.32. The van der Waals surface area contributed by atoms with Crippen molar-refractivity contribution in [2.75, 3.05) is 6.61 Å². The van der Waals surface area contributed by atoms with Crippen molar-refractivity contribution < 1.29 is 59.2 Å². The molecule has 0 spiro atoms. The second-order valence-corrected chi connectivity index (χ2v) is 13.6. The summed E-state index contributed by atoms with van der Waals surface area (Å²) in [5.41, 5.74) is 9.05. The largest absolute Gasteiger partial charge is 0.481 e. The molecule has 2 amide bonds. The predicted octanol–water partition coefficient (Wildman–Crippen LogP) is 1.72. The third-order valence-corrected chi connectivity index (χ3v) is 10.2. The molecule has 3 aliphatic heterocycles. The van der Waals surface area contributed by atoms with Crippen LogP contribution in [0.5, 0.6) is 0 Å². The van der Waals surface area contributed by atoms with Gasteiger partial charge in [0, 0.05) is 57.9 Å². The summed E-state index contributed by atoms with van der Waals surface area (Å²) in [5, 5.41) is 55.0. The first-order valence-corrected chi connectivity index (χ1v) is 17.6. The minimum absolute atomic E-state index is 0.118. The lowest BCUT2D eigenvalue weighted by Crippen LogP contribution is -2.59. The van der Waals surface area contributed by atoms with E-state index < -0.39 is 49.3 Å². The van der Waals surface area contributed by atoms with Gasteiger partial charge in [-0.1, -0.05) is 25.3 Å². The van der Waals surface area contributed by atoms with Crippen LogP contribution in [-0.2, 0) is 53.0 Å². The van der Waals surface area contributed by atoms with E-state index in [0.717, 1.165) is 16.7 Å². The Kier molecular flexibility index (Phi) is 12.6. The van der Waals surface area contributed by atoms with Crippen LogP contribution in [0.15, 0.2) is 59.0 Å². The van der Waals surface area contributed by atoms with E-state index in [9.17, 15) is 44.7 Å². The summed E-state index contributed by atoms with van der Waals surface area (Å²) in [6, 6.07) is 0. The van der Waals surface area contributed by atoms with Gasteiger partial charge in [0.25, 0.3) is 11.8 Å². The third kappa shape index (κ3) is 8.49. The second-order valence-electron chi connectivity index (χ2n) is 13.6. The lowest BCUT2D eigenvalue weighted by molar-refractivity contribution is -0.405. The van der Waals surface area contributed by atoms with Gasteiger partial charge in [0.2, 0.25) is 6.29 Å². The number of carbonyl (C=O) groups excluding carboxylic acids is 3. The van der Waals surface area contributed by atoms with E-state index in [1.165, 1.54) is 0 Å². The Morgan fingerprint density at radius 3 is 1.73 bits per heavy atom. The van der Waals surface area contributed by atoms with Crippen molar-refractivity contribution in [1.29, 1.82) is 0 Å². The van der Waals surface area contributed by atoms with Gasteiger partial charge in [-0.2, -0.15) is 0 Å². The average Bonchev–Trinajstić information content (AvgIpc) is 3.80. The Bertz CT molecular complexity index is 2050. The highest BCUT2D eigenvalue weighted by Gasteiger charge is 2.45. The fourth-order valence-corrected chi connectivity index (χ4v) is 6.89. The van der Waals surface area contributed by atoms with Gasteiger partial charge in [-0.25, -0.2) is 4.79 Å². The number of carboxylic acids is 1. The Balaban J connectivity index is 1.48. The maximum atomic E-state index is 13.0. The van der Waals surface area contributed by atoms with E-state index in [1.807, 2.05) is 13.8 Å². The van der Waals surface area contributed by atoms with Crippen LogP contribution in [0, 0.1) is 13.8 Å². The van der Waals surface area contributed by atoms with Crippen LogP contribution in [0.3, 0.4) is 0 Å². The molecule has 1 saturated heterocycles. The molecular weight excluding hydrogens is 716 g/mol. The minimum atomic E-state index is -1.78. The Labute approximate surface area is 316 Å². The number of aliphatic hydroxyl groups is 4. The van der Waals surface area contributed by atoms with Gasteiger partial charge >= 0.3 is 11.9 Å². The first-order valence-electron chi connectivity index (χ1n) is 17.6. The molecular formula is C39H46N4O12. The molecule has 5 heterocycles. The molecule has 1 fully saturated rings. The van der Waals surface area contributed by atoms with Gasteiger partial charge in [0.1, 0.15) is 24.4 Å². The number of aliphatic hydroxyl groups excluding tert-OH is 4. The summed E-state index contributed by atoms with van der Waals surface area (Å²) in [4.78, 5) is 66.3. The molecule has 0 aliphatic carbocycles. The Hall–Kier alpha value is -5.36. The first kappa shape index (κ1) is 40.8. The number of aromatic amines is 2. The molecule has 55 heavy (non-hydrogen) atoms. The summed E-state index contributed by atoms with van der Waals surface area (Å²) < 4.78 is 5.24. The number of carbonyl (C=O) groups is 4. The van der Waals surface area contributed by atoms with Gasteiger partial charge in [-0.15, -0.1) is 4.89 Å². The molecule has 5 rings (SSSR count). The monoisotopic (exact) mass is 762 g/mol. The number of carboxylic acid groups (broad SMARTS) is 1. The van der Waals surface area contributed by atoms with E-state index in [0.29, 0.717) is 62.0 Å². The number of hydrogen-bond acceptors (Lipinski definition) is 11. The second kappa shape index (κ2) is 17.0. The van der Waals surface area contributed by atoms with Crippen LogP contribution in [0.4, 0.5) is 0 Å². The normalized spacial score (nSPS) is 24.2. The molecule has 9 N–H and O–H groups in total. The van der Waals surface area contributed by atoms with Gasteiger partial charge in [0.15, 0.2) is 0 Å². The Morgan fingerprint density at radius 2 is 1.27 bits per heavy atom. The van der Waals surface area contributed by atoms with E-state index in [2.05, 4.69) is 33.8 Å². The fraction of sp³-hybridized carbons (Fsp3) is 0.385. The molecule has 2 aromatic rings. The van der Waals surface area contributed by atoms with Crippen molar-refractivity contribution in [2.45, 2.75) is 90.5 Å². The van der Waals surface area contributed by atoms with Gasteiger partial charge in [0.05, 0.1) is 24.4 Å². The van der Waals surface area contributed by atoms with Gasteiger partial charge in [-0.05, 0) is 74.9 Å². The molecule has 2 aromatic heterocycles. The van der Waals surface area contributed by atoms with Crippen LogP contribution < -0.4 is 10.6 Å². The van der Waals surface area contributed by atoms with E-state index >= 15 is 0 Å². The van der Waals surface area contributed by atoms with Gasteiger partial charge < -0.3 is 50.9 Å². The summed E-state index contributed by atoms with van der Waals surface area (Å²) in [7, 11) is 0. The average molecular weight is 763 g/mol. The number of aromatic nitrogens is 2. The van der Waals surface area contributed by atoms with Crippen molar-refractivity contribution in [3.05, 3.63) is 104 Å². The van der Waals surface area contributed by atoms with Gasteiger partial charge in [-0.3, -0.25) is 19.3 Å². The quantitative estimate of drug-likeness (QED) is 0.0930. The van der Waals surface area contributed by atoms with Crippen molar-refractivity contribution >= 4 is 35.9 Å². The predicted molar refractivity (Wildman–Crippen MR) is 197 cm³/mol. The molecule has 16 nitrogen and oxygen atoms in total. The molecule has 0 bridgehead atoms. The number of rotatable bonds is 15. The van der Waals surface area contributed by atoms with E-state index in [4.69, 9.17) is 14.5 Å². The minimum Gasteiger partial charge on any atom is -0.481 e. The van der Waals surface area contributed by atoms with Crippen LogP contribution >= 0.6 is 0 Å². The number of allylic oxidation sites excluding steroid dienone is 2. The number of hydrogen-bond donors (Lipinski definition) is 9. The highest BCUT2D eigenvalue weighted by molar-refractivity contribution is 6.02. The lowest BCUT2D eigenvalue weighted by atomic mass is 9.98. The maximum absolute atomic E-state index is 13.0. The molecule has 0 radical (unpaired) electrons. The smallest absolute Gasteiger partial charge is 0.342 e. The highest BCUT2D eigenvalue weighted by atomic mass is 17.2. The zero-order valence-electron chi connectivity index (χ0n) is 30.9. The zero-order valence-corrected chi connectivity index (χ0v) is 30.9. The number of aliphatic carboxylic acids is 1. The van der Waals surface area contributed by atoms with E-state index in [-0.39, 0.29) is 43.9 Å². The summed E-state index contributed by atoms with van der Waals surface area (Å²) in [6.45, 7) is 14.1. The maximum Gasteiger partial charge on any atom is 0.342 e. The van der Waals surface area contributed by atoms with Crippen LogP contribution in [0.25, 0.3) is 12.2 Å². The topological polar surface area (TPSA) is 253 Å². The lowest BCUT2D eigenvalue weighted by Gasteiger charge is -2.38. The van der Waals surface area contributed by atoms with Crippen molar-refractivity contribution in [3.8, 4) is 0 Å². The molecule has 0 aromatic carbocycles. The number of nitrogens with one attached hydrogen (secondary N) is 4. The molecule has 16 heteroatoms. The zero-order chi connectivity index (χ0) is 40.3. The Morgan fingerprint density at radius 1 is 0.782 bits per heavy atom. The summed E-state index contributed by atoms with van der Waals surface area (Å²) >= 11 is 0. The molecule has 3 aliphatic rings. The molecule has 0 unspecified atom stereocenters. The van der Waals surface area contributed by atoms with Crippen LogP contribution in [0.1, 0.15) is 71.7 Å². The molecule has 294 valence electrons. The van der Waals surface area contributed by atoms with Crippen molar-refractivity contribution in [3.63, 3.8) is 0 Å². The molecule has 0 saturated carbocycles. The van der Waals surface area contributed by atoms with Crippen molar-refractivity contribution in [1.82, 2.24) is 20.6 Å². The number of H-pyrrole nitrogens is 2.